The lowest BCUT2D eigenvalue weighted by atomic mass is 10.2. The van der Waals surface area contributed by atoms with Crippen LogP contribution in [0.2, 0.25) is 0 Å². The second kappa shape index (κ2) is 6.90. The summed E-state index contributed by atoms with van der Waals surface area (Å²) in [6, 6.07) is 18.1. The Bertz CT molecular complexity index is 589. The van der Waals surface area contributed by atoms with Gasteiger partial charge in [0, 0.05) is 4.47 Å². The molecule has 0 aromatic heterocycles. The maximum atomic E-state index is 4.32. The first-order valence-electron chi connectivity index (χ1n) is 6.03. The Morgan fingerprint density at radius 2 is 1.74 bits per heavy atom. The molecule has 96 valence electrons. The zero-order chi connectivity index (χ0) is 13.5. The van der Waals surface area contributed by atoms with Crippen LogP contribution in [0.25, 0.3) is 6.08 Å². The molecule has 0 atom stereocenters. The van der Waals surface area contributed by atoms with E-state index in [1.54, 1.807) is 0 Å². The summed E-state index contributed by atoms with van der Waals surface area (Å²) < 4.78 is 0.999. The van der Waals surface area contributed by atoms with Gasteiger partial charge in [-0.2, -0.15) is 5.10 Å². The molecule has 0 fully saturated rings. The Balaban J connectivity index is 2.00. The van der Waals surface area contributed by atoms with E-state index in [2.05, 4.69) is 38.6 Å². The Labute approximate surface area is 122 Å². The van der Waals surface area contributed by atoms with E-state index in [0.717, 1.165) is 21.4 Å². The molecular weight excluding hydrogens is 300 g/mol. The molecule has 3 heteroatoms. The highest BCUT2D eigenvalue weighted by Gasteiger charge is 1.95. The van der Waals surface area contributed by atoms with Crippen molar-refractivity contribution in [3.63, 3.8) is 0 Å². The van der Waals surface area contributed by atoms with E-state index in [9.17, 15) is 0 Å². The number of nitrogens with one attached hydrogen (secondary N) is 1. The zero-order valence-corrected chi connectivity index (χ0v) is 12.3. The third-order valence-corrected chi connectivity index (χ3v) is 3.23. The lowest BCUT2D eigenvalue weighted by molar-refractivity contribution is 1.32. The fourth-order valence-corrected chi connectivity index (χ4v) is 1.89. The summed E-state index contributed by atoms with van der Waals surface area (Å²) in [6.07, 6.45) is 4.03. The SMILES string of the molecule is CC(/C=C/c1ccccc1)=N\Nc1ccccc1Br. The number of hydrogen-bond acceptors (Lipinski definition) is 2. The molecule has 0 saturated heterocycles. The predicted molar refractivity (Wildman–Crippen MR) is 86.3 cm³/mol. The summed E-state index contributed by atoms with van der Waals surface area (Å²) in [6.45, 7) is 1.96. The molecule has 0 amide bonds. The molecular formula is C16H15BrN2. The fraction of sp³-hybridized carbons (Fsp3) is 0.0625. The molecule has 19 heavy (non-hydrogen) atoms. The number of allylic oxidation sites excluding steroid dienone is 1. The van der Waals surface area contributed by atoms with Gasteiger partial charge in [0.05, 0.1) is 11.4 Å². The normalized spacial score (nSPS) is 11.8. The molecule has 0 aliphatic carbocycles. The number of hydrogen-bond donors (Lipinski definition) is 1. The number of rotatable bonds is 4. The van der Waals surface area contributed by atoms with E-state index < -0.39 is 0 Å². The van der Waals surface area contributed by atoms with Crippen LogP contribution < -0.4 is 5.43 Å². The van der Waals surface area contributed by atoms with E-state index >= 15 is 0 Å². The molecule has 2 aromatic rings. The Morgan fingerprint density at radius 3 is 2.47 bits per heavy atom. The molecule has 2 rings (SSSR count). The van der Waals surface area contributed by atoms with Crippen LogP contribution >= 0.6 is 15.9 Å². The van der Waals surface area contributed by atoms with Crippen molar-refractivity contribution < 1.29 is 0 Å². The Kier molecular flexibility index (Phi) is 4.93. The maximum Gasteiger partial charge on any atom is 0.0703 e. The van der Waals surface area contributed by atoms with Crippen molar-refractivity contribution in [1.29, 1.82) is 0 Å². The first-order valence-corrected chi connectivity index (χ1v) is 6.83. The van der Waals surface area contributed by atoms with Crippen molar-refractivity contribution >= 4 is 33.4 Å². The van der Waals surface area contributed by atoms with Gasteiger partial charge in [-0.1, -0.05) is 48.5 Å². The highest BCUT2D eigenvalue weighted by Crippen LogP contribution is 2.20. The van der Waals surface area contributed by atoms with Gasteiger partial charge in [0.1, 0.15) is 0 Å². The summed E-state index contributed by atoms with van der Waals surface area (Å²) in [5.74, 6) is 0. The number of hydrazone groups is 1. The monoisotopic (exact) mass is 314 g/mol. The molecule has 2 aromatic carbocycles. The van der Waals surface area contributed by atoms with E-state index in [-0.39, 0.29) is 0 Å². The van der Waals surface area contributed by atoms with Crippen LogP contribution in [0.5, 0.6) is 0 Å². The zero-order valence-electron chi connectivity index (χ0n) is 10.7. The van der Waals surface area contributed by atoms with Crippen LogP contribution in [0.4, 0.5) is 5.69 Å². The molecule has 0 unspecified atom stereocenters. The second-order valence-electron chi connectivity index (χ2n) is 4.09. The van der Waals surface area contributed by atoms with Gasteiger partial charge in [-0.05, 0) is 46.6 Å². The number of benzene rings is 2. The summed E-state index contributed by atoms with van der Waals surface area (Å²) in [4.78, 5) is 0. The molecule has 0 aliphatic rings. The van der Waals surface area contributed by atoms with Crippen LogP contribution in [-0.2, 0) is 0 Å². The van der Waals surface area contributed by atoms with E-state index in [1.165, 1.54) is 0 Å². The highest BCUT2D eigenvalue weighted by molar-refractivity contribution is 9.10. The minimum absolute atomic E-state index is 0.916. The number of para-hydroxylation sites is 1. The first-order chi connectivity index (χ1) is 9.25. The molecule has 0 saturated carbocycles. The van der Waals surface area contributed by atoms with Crippen molar-refractivity contribution in [3.05, 3.63) is 70.7 Å². The van der Waals surface area contributed by atoms with Crippen LogP contribution in [-0.4, -0.2) is 5.71 Å². The lowest BCUT2D eigenvalue weighted by Gasteiger charge is -2.03. The number of halogens is 1. The summed E-state index contributed by atoms with van der Waals surface area (Å²) in [5, 5.41) is 4.32. The van der Waals surface area contributed by atoms with Crippen molar-refractivity contribution in [2.75, 3.05) is 5.43 Å². The average Bonchev–Trinajstić information content (AvgIpc) is 2.45. The number of nitrogens with zero attached hydrogens (tertiary/aromatic N) is 1. The van der Waals surface area contributed by atoms with Crippen LogP contribution in [0.1, 0.15) is 12.5 Å². The van der Waals surface area contributed by atoms with Gasteiger partial charge in [0.25, 0.3) is 0 Å². The third kappa shape index (κ3) is 4.38. The van der Waals surface area contributed by atoms with E-state index in [1.807, 2.05) is 61.5 Å². The molecule has 1 N–H and O–H groups in total. The summed E-state index contributed by atoms with van der Waals surface area (Å²) in [7, 11) is 0. The van der Waals surface area contributed by atoms with E-state index in [4.69, 9.17) is 0 Å². The minimum atomic E-state index is 0.916. The van der Waals surface area contributed by atoms with Gasteiger partial charge < -0.3 is 0 Å². The molecule has 0 heterocycles. The van der Waals surface area contributed by atoms with Gasteiger partial charge >= 0.3 is 0 Å². The van der Waals surface area contributed by atoms with Crippen LogP contribution in [0.3, 0.4) is 0 Å². The first kappa shape index (κ1) is 13.6. The minimum Gasteiger partial charge on any atom is -0.277 e. The van der Waals surface area contributed by atoms with Gasteiger partial charge in [0.2, 0.25) is 0 Å². The second-order valence-corrected chi connectivity index (χ2v) is 4.94. The van der Waals surface area contributed by atoms with Crippen molar-refractivity contribution in [1.82, 2.24) is 0 Å². The smallest absolute Gasteiger partial charge is 0.0703 e. The van der Waals surface area contributed by atoms with Crippen molar-refractivity contribution in [2.45, 2.75) is 6.92 Å². The maximum absolute atomic E-state index is 4.32. The standard InChI is InChI=1S/C16H15BrN2/c1-13(11-12-14-7-3-2-4-8-14)18-19-16-10-6-5-9-15(16)17/h2-12,19H,1H3/b12-11+,18-13+. The topological polar surface area (TPSA) is 24.4 Å². The average molecular weight is 315 g/mol. The third-order valence-electron chi connectivity index (χ3n) is 2.54. The fourth-order valence-electron chi connectivity index (χ4n) is 1.52. The summed E-state index contributed by atoms with van der Waals surface area (Å²) in [5.41, 5.74) is 6.07. The quantitative estimate of drug-likeness (QED) is 0.626. The molecule has 0 radical (unpaired) electrons. The van der Waals surface area contributed by atoms with Gasteiger partial charge in [-0.3, -0.25) is 5.43 Å². The molecule has 0 aliphatic heterocycles. The van der Waals surface area contributed by atoms with Crippen molar-refractivity contribution in [2.24, 2.45) is 5.10 Å². The van der Waals surface area contributed by atoms with Gasteiger partial charge in [-0.15, -0.1) is 0 Å². The van der Waals surface area contributed by atoms with Gasteiger partial charge in [-0.25, -0.2) is 0 Å². The largest absolute Gasteiger partial charge is 0.277 e. The Hall–Kier alpha value is -1.87. The summed E-state index contributed by atoms with van der Waals surface area (Å²) >= 11 is 3.47. The highest BCUT2D eigenvalue weighted by atomic mass is 79.9. The van der Waals surface area contributed by atoms with Crippen molar-refractivity contribution in [3.8, 4) is 0 Å². The Morgan fingerprint density at radius 1 is 1.05 bits per heavy atom. The van der Waals surface area contributed by atoms with Crippen LogP contribution in [0.15, 0.2) is 70.2 Å². The molecule has 0 bridgehead atoms. The van der Waals surface area contributed by atoms with Crippen LogP contribution in [0, 0.1) is 0 Å². The predicted octanol–water partition coefficient (Wildman–Crippen LogP) is 4.95. The molecule has 0 spiro atoms. The van der Waals surface area contributed by atoms with E-state index in [0.29, 0.717) is 0 Å². The molecule has 2 nitrogen and oxygen atoms in total. The lowest BCUT2D eigenvalue weighted by Crippen LogP contribution is -1.94. The van der Waals surface area contributed by atoms with Gasteiger partial charge in [0.15, 0.2) is 0 Å². The number of anilines is 1.